The van der Waals surface area contributed by atoms with Gasteiger partial charge in [0, 0.05) is 6.54 Å². The van der Waals surface area contributed by atoms with Crippen LogP contribution in [0.4, 0.5) is 5.82 Å². The summed E-state index contributed by atoms with van der Waals surface area (Å²) < 4.78 is 27.3. The number of nitrogens with zero attached hydrogens (tertiary/aromatic N) is 4. The van der Waals surface area contributed by atoms with E-state index in [-0.39, 0.29) is 11.4 Å². The molecule has 0 saturated carbocycles. The fourth-order valence-electron chi connectivity index (χ4n) is 3.47. The molecule has 1 aliphatic heterocycles. The zero-order valence-corrected chi connectivity index (χ0v) is 18.1. The molecule has 0 amide bonds. The number of phenols is 1. The highest BCUT2D eigenvalue weighted by Gasteiger charge is 2.45. The molecule has 178 valence electrons. The van der Waals surface area contributed by atoms with Crippen molar-refractivity contribution in [3.05, 3.63) is 36.4 Å². The maximum atomic E-state index is 10.9. The van der Waals surface area contributed by atoms with Crippen LogP contribution in [0.2, 0.25) is 0 Å². The molecule has 1 saturated heterocycles. The molecule has 4 atom stereocenters. The van der Waals surface area contributed by atoms with E-state index in [0.717, 1.165) is 5.56 Å². The number of methoxy groups -OCH3 is 1. The van der Waals surface area contributed by atoms with Crippen molar-refractivity contribution in [3.8, 4) is 11.5 Å². The van der Waals surface area contributed by atoms with E-state index in [4.69, 9.17) is 19.3 Å². The van der Waals surface area contributed by atoms with Crippen molar-refractivity contribution in [1.29, 1.82) is 0 Å². The van der Waals surface area contributed by atoms with Crippen molar-refractivity contribution in [2.75, 3.05) is 19.0 Å². The number of phenolic OH excluding ortho intramolecular Hbond substituents is 1. The quantitative estimate of drug-likeness (QED) is 0.232. The molecule has 1 aliphatic rings. The minimum absolute atomic E-state index is 0.00266. The number of benzene rings is 1. The Morgan fingerprint density at radius 2 is 2.00 bits per heavy atom. The molecule has 3 aromatic rings. The molecule has 0 spiro atoms. The van der Waals surface area contributed by atoms with Crippen molar-refractivity contribution >= 4 is 24.8 Å². The normalized spacial score (nSPS) is 23.2. The van der Waals surface area contributed by atoms with Gasteiger partial charge in [0.1, 0.15) is 24.6 Å². The fraction of sp³-hybridized carbons (Fsp3) is 0.389. The maximum Gasteiger partial charge on any atom is 0.469 e. The summed E-state index contributed by atoms with van der Waals surface area (Å²) in [5.41, 5.74) is 1.40. The molecule has 15 heteroatoms. The largest absolute Gasteiger partial charge is 0.504 e. The molecule has 1 aromatic carbocycles. The summed E-state index contributed by atoms with van der Waals surface area (Å²) in [6, 6.07) is 4.95. The van der Waals surface area contributed by atoms with Gasteiger partial charge in [-0.1, -0.05) is 6.07 Å². The fourth-order valence-corrected chi connectivity index (χ4v) is 3.81. The van der Waals surface area contributed by atoms with E-state index in [1.54, 1.807) is 18.2 Å². The average molecular weight is 483 g/mol. The van der Waals surface area contributed by atoms with Crippen LogP contribution in [-0.4, -0.2) is 76.7 Å². The molecule has 0 unspecified atom stereocenters. The van der Waals surface area contributed by atoms with Gasteiger partial charge in [-0.3, -0.25) is 9.09 Å². The van der Waals surface area contributed by atoms with Gasteiger partial charge in [0.15, 0.2) is 34.7 Å². The van der Waals surface area contributed by atoms with Crippen molar-refractivity contribution in [1.82, 2.24) is 19.5 Å². The number of rotatable bonds is 8. The number of aromatic nitrogens is 4. The van der Waals surface area contributed by atoms with Crippen molar-refractivity contribution in [2.24, 2.45) is 0 Å². The Labute approximate surface area is 186 Å². The second kappa shape index (κ2) is 9.19. The van der Waals surface area contributed by atoms with E-state index in [1.165, 1.54) is 24.3 Å². The smallest absolute Gasteiger partial charge is 0.469 e. The number of anilines is 1. The van der Waals surface area contributed by atoms with E-state index >= 15 is 0 Å². The second-order valence-electron chi connectivity index (χ2n) is 7.24. The zero-order valence-electron chi connectivity index (χ0n) is 17.2. The Hall–Kier alpha value is -2.84. The van der Waals surface area contributed by atoms with Crippen LogP contribution >= 0.6 is 7.82 Å². The number of hydrogen-bond donors (Lipinski definition) is 6. The van der Waals surface area contributed by atoms with Crippen LogP contribution in [0.25, 0.3) is 11.2 Å². The third-order valence-corrected chi connectivity index (χ3v) is 5.57. The number of hydrogen-bond acceptors (Lipinski definition) is 11. The first-order valence-electron chi connectivity index (χ1n) is 9.67. The topological polar surface area (TPSA) is 202 Å². The summed E-state index contributed by atoms with van der Waals surface area (Å²) in [6.07, 6.45) is -2.58. The van der Waals surface area contributed by atoms with Crippen molar-refractivity contribution < 1.29 is 43.7 Å². The van der Waals surface area contributed by atoms with E-state index in [0.29, 0.717) is 23.6 Å². The Morgan fingerprint density at radius 1 is 1.21 bits per heavy atom. The van der Waals surface area contributed by atoms with Gasteiger partial charge in [0.05, 0.1) is 20.0 Å². The number of fused-ring (bicyclic) bond motifs is 1. The molecule has 6 N–H and O–H groups in total. The van der Waals surface area contributed by atoms with Crippen LogP contribution in [0.3, 0.4) is 0 Å². The molecule has 33 heavy (non-hydrogen) atoms. The molecule has 0 aliphatic carbocycles. The number of imidazole rings is 1. The van der Waals surface area contributed by atoms with E-state index in [9.17, 15) is 19.9 Å². The van der Waals surface area contributed by atoms with Crippen LogP contribution in [0.5, 0.6) is 11.5 Å². The van der Waals surface area contributed by atoms with Gasteiger partial charge in [-0.15, -0.1) is 0 Å². The molecule has 2 aromatic heterocycles. The van der Waals surface area contributed by atoms with Gasteiger partial charge < -0.3 is 39.9 Å². The van der Waals surface area contributed by atoms with Gasteiger partial charge in [0.2, 0.25) is 0 Å². The lowest BCUT2D eigenvalue weighted by Crippen LogP contribution is -2.33. The van der Waals surface area contributed by atoms with Gasteiger partial charge in [0.25, 0.3) is 0 Å². The SMILES string of the molecule is COc1ccc(CNc2ncnc3c2ncn3[C@@H]2O[C@H](COP(=O)(O)O)[C@@H](O)[C@H]2O)cc1O. The number of ether oxygens (including phenoxy) is 2. The zero-order chi connectivity index (χ0) is 23.8. The van der Waals surface area contributed by atoms with Gasteiger partial charge in [-0.05, 0) is 17.7 Å². The summed E-state index contributed by atoms with van der Waals surface area (Å²) in [7, 11) is -3.32. The predicted octanol–water partition coefficient (Wildman–Crippen LogP) is -0.119. The minimum atomic E-state index is -4.77. The second-order valence-corrected chi connectivity index (χ2v) is 8.48. The maximum absolute atomic E-state index is 10.9. The average Bonchev–Trinajstić information content (AvgIpc) is 3.32. The van der Waals surface area contributed by atoms with Gasteiger partial charge in [-0.25, -0.2) is 19.5 Å². The lowest BCUT2D eigenvalue weighted by atomic mass is 10.1. The van der Waals surface area contributed by atoms with Crippen LogP contribution in [-0.2, 0) is 20.4 Å². The first-order chi connectivity index (χ1) is 15.7. The number of phosphoric ester groups is 1. The summed E-state index contributed by atoms with van der Waals surface area (Å²) in [4.78, 5) is 30.3. The van der Waals surface area contributed by atoms with Crippen LogP contribution < -0.4 is 10.1 Å². The van der Waals surface area contributed by atoms with E-state index in [1.807, 2.05) is 0 Å². The van der Waals surface area contributed by atoms with E-state index in [2.05, 4.69) is 24.8 Å². The highest BCUT2D eigenvalue weighted by atomic mass is 31.2. The molecule has 0 radical (unpaired) electrons. The standard InChI is InChI=1S/C18H22N5O9P/c1-30-11-3-2-9(4-10(11)24)5-19-16-13-17(21-7-20-16)23(8-22-13)18-15(26)14(25)12(32-18)6-31-33(27,28)29/h2-4,7-8,12,14-15,18,24-26H,5-6H2,1H3,(H,19,20,21)(H2,27,28,29)/t12-,14-,15-,18-/m1/s1. The molecule has 4 rings (SSSR count). The Kier molecular flexibility index (Phi) is 6.50. The summed E-state index contributed by atoms with van der Waals surface area (Å²) in [5, 5.41) is 33.6. The first kappa shape index (κ1) is 23.3. The summed E-state index contributed by atoms with van der Waals surface area (Å²) >= 11 is 0. The molecule has 1 fully saturated rings. The Balaban J connectivity index is 1.52. The highest BCUT2D eigenvalue weighted by Crippen LogP contribution is 2.39. The van der Waals surface area contributed by atoms with Crippen molar-refractivity contribution in [2.45, 2.75) is 31.1 Å². The molecular formula is C18H22N5O9P. The first-order valence-corrected chi connectivity index (χ1v) is 11.2. The van der Waals surface area contributed by atoms with E-state index < -0.39 is 39.0 Å². The third kappa shape index (κ3) is 4.91. The van der Waals surface area contributed by atoms with Crippen LogP contribution in [0.15, 0.2) is 30.9 Å². The number of aliphatic hydroxyl groups is 2. The van der Waals surface area contributed by atoms with Gasteiger partial charge in [-0.2, -0.15) is 0 Å². The third-order valence-electron chi connectivity index (χ3n) is 5.08. The number of nitrogens with one attached hydrogen (secondary N) is 1. The molecule has 0 bridgehead atoms. The van der Waals surface area contributed by atoms with Crippen LogP contribution in [0, 0.1) is 0 Å². The number of aromatic hydroxyl groups is 1. The highest BCUT2D eigenvalue weighted by molar-refractivity contribution is 7.46. The number of aliphatic hydroxyl groups excluding tert-OH is 2. The Bertz CT molecular complexity index is 1190. The monoisotopic (exact) mass is 483 g/mol. The lowest BCUT2D eigenvalue weighted by Gasteiger charge is -2.16. The minimum Gasteiger partial charge on any atom is -0.504 e. The van der Waals surface area contributed by atoms with Crippen LogP contribution in [0.1, 0.15) is 11.8 Å². The predicted molar refractivity (Wildman–Crippen MR) is 111 cm³/mol. The lowest BCUT2D eigenvalue weighted by molar-refractivity contribution is -0.0504. The molecular weight excluding hydrogens is 461 g/mol. The molecule has 3 heterocycles. The number of phosphoric acid groups is 1. The van der Waals surface area contributed by atoms with Crippen molar-refractivity contribution in [3.63, 3.8) is 0 Å². The Morgan fingerprint density at radius 3 is 2.70 bits per heavy atom. The summed E-state index contributed by atoms with van der Waals surface area (Å²) in [5.74, 6) is 0.726. The molecule has 14 nitrogen and oxygen atoms in total. The summed E-state index contributed by atoms with van der Waals surface area (Å²) in [6.45, 7) is -0.318. The van der Waals surface area contributed by atoms with Gasteiger partial charge >= 0.3 is 7.82 Å².